The van der Waals surface area contributed by atoms with Crippen LogP contribution in [0.3, 0.4) is 0 Å². The van der Waals surface area contributed by atoms with Crippen molar-refractivity contribution in [3.05, 3.63) is 11.3 Å². The van der Waals surface area contributed by atoms with Gasteiger partial charge in [0.05, 0.1) is 25.0 Å². The largest absolute Gasteiger partial charge is 0.378 e. The van der Waals surface area contributed by atoms with Crippen molar-refractivity contribution in [2.75, 3.05) is 37.8 Å². The topological polar surface area (TPSA) is 51.5 Å². The van der Waals surface area contributed by atoms with Gasteiger partial charge in [0, 0.05) is 50.3 Å². The molecule has 0 aromatic carbocycles. The molecule has 3 fully saturated rings. The molecule has 0 unspecified atom stereocenters. The molecule has 3 aliphatic rings. The monoisotopic (exact) mass is 348 g/mol. The highest BCUT2D eigenvalue weighted by atomic mass is 16.5. The number of morpholine rings is 1. The molecule has 2 aliphatic carbocycles. The molecule has 0 bridgehead atoms. The Morgan fingerprint density at radius 3 is 2.72 bits per heavy atom. The third kappa shape index (κ3) is 2.88. The molecule has 0 amide bonds. The Bertz CT molecular complexity index is 605. The van der Waals surface area contributed by atoms with Crippen molar-refractivity contribution in [2.45, 2.75) is 58.2 Å². The van der Waals surface area contributed by atoms with E-state index in [-0.39, 0.29) is 0 Å². The summed E-state index contributed by atoms with van der Waals surface area (Å²) in [6.07, 6.45) is 5.61. The lowest BCUT2D eigenvalue weighted by Gasteiger charge is -2.61. The highest BCUT2D eigenvalue weighted by Crippen LogP contribution is 2.57. The predicted octanol–water partition coefficient (Wildman–Crippen LogP) is 2.00. The average molecular weight is 348 g/mol. The maximum atomic E-state index is 5.99. The highest BCUT2D eigenvalue weighted by Gasteiger charge is 2.58. The van der Waals surface area contributed by atoms with Gasteiger partial charge in [0.25, 0.3) is 0 Å². The Labute approximate surface area is 150 Å². The van der Waals surface area contributed by atoms with E-state index in [1.807, 2.05) is 4.68 Å². The van der Waals surface area contributed by atoms with Gasteiger partial charge in [0.15, 0.2) is 0 Å². The predicted molar refractivity (Wildman–Crippen MR) is 97.9 cm³/mol. The second kappa shape index (κ2) is 6.89. The highest BCUT2D eigenvalue weighted by molar-refractivity contribution is 5.50. The molecule has 0 radical (unpaired) electrons. The molecular weight excluding hydrogens is 316 g/mol. The summed E-state index contributed by atoms with van der Waals surface area (Å²) in [6, 6.07) is 0.593. The average Bonchev–Trinajstić information content (AvgIpc) is 2.83. The fraction of sp³-hybridized carbons (Fsp3) is 0.842. The van der Waals surface area contributed by atoms with Crippen molar-refractivity contribution >= 4 is 5.82 Å². The lowest BCUT2D eigenvalue weighted by molar-refractivity contribution is -0.173. The van der Waals surface area contributed by atoms with Gasteiger partial charge >= 0.3 is 0 Å². The van der Waals surface area contributed by atoms with E-state index in [1.165, 1.54) is 30.6 Å². The quantitative estimate of drug-likeness (QED) is 0.852. The molecule has 1 aromatic rings. The maximum Gasteiger partial charge on any atom is 0.131 e. The summed E-state index contributed by atoms with van der Waals surface area (Å²) >= 11 is 0. The Hall–Kier alpha value is -1.11. The summed E-state index contributed by atoms with van der Waals surface area (Å²) in [5.74, 6) is 1.26. The third-order valence-electron chi connectivity index (χ3n) is 6.59. The van der Waals surface area contributed by atoms with Gasteiger partial charge in [-0.2, -0.15) is 5.10 Å². The Morgan fingerprint density at radius 2 is 2.08 bits per heavy atom. The molecule has 2 saturated carbocycles. The number of ether oxygens (including phenoxy) is 2. The van der Waals surface area contributed by atoms with Crippen LogP contribution in [0.4, 0.5) is 5.82 Å². The van der Waals surface area contributed by atoms with Crippen LogP contribution in [-0.2, 0) is 23.1 Å². The van der Waals surface area contributed by atoms with Crippen LogP contribution < -0.4 is 10.2 Å². The first kappa shape index (κ1) is 17.3. The van der Waals surface area contributed by atoms with E-state index in [9.17, 15) is 0 Å². The molecule has 25 heavy (non-hydrogen) atoms. The summed E-state index contributed by atoms with van der Waals surface area (Å²) < 4.78 is 13.5. The number of aryl methyl sites for hydroxylation is 2. The van der Waals surface area contributed by atoms with Crippen LogP contribution in [0.1, 0.15) is 43.9 Å². The number of hydrogen-bond acceptors (Lipinski definition) is 5. The van der Waals surface area contributed by atoms with Crippen LogP contribution in [-0.4, -0.2) is 54.8 Å². The molecule has 1 aliphatic heterocycles. The normalized spacial score (nSPS) is 28.0. The zero-order valence-electron chi connectivity index (χ0n) is 15.9. The third-order valence-corrected chi connectivity index (χ3v) is 6.59. The standard InChI is InChI=1S/C19H32N4O2/c1-4-25-17-12-16(19(17)6-5-7-19)20-13-15-14(2)21-22(3)18(15)23-8-10-24-11-9-23/h16-17,20H,4-13H2,1-3H3/t16-,17-/m1/s1. The summed E-state index contributed by atoms with van der Waals surface area (Å²) in [6.45, 7) is 9.49. The van der Waals surface area contributed by atoms with Gasteiger partial charge in [0.1, 0.15) is 5.82 Å². The Morgan fingerprint density at radius 1 is 1.32 bits per heavy atom. The molecule has 6 nitrogen and oxygen atoms in total. The Kier molecular flexibility index (Phi) is 4.77. The van der Waals surface area contributed by atoms with Gasteiger partial charge in [-0.25, -0.2) is 0 Å². The van der Waals surface area contributed by atoms with E-state index in [2.05, 4.69) is 31.1 Å². The minimum Gasteiger partial charge on any atom is -0.378 e. The van der Waals surface area contributed by atoms with Crippen LogP contribution in [0.5, 0.6) is 0 Å². The fourth-order valence-electron chi connectivity index (χ4n) is 5.02. The molecule has 1 saturated heterocycles. The second-order valence-corrected chi connectivity index (χ2v) is 7.81. The lowest BCUT2D eigenvalue weighted by Crippen LogP contribution is -2.66. The van der Waals surface area contributed by atoms with Crippen molar-refractivity contribution in [1.82, 2.24) is 15.1 Å². The lowest BCUT2D eigenvalue weighted by atomic mass is 9.51. The molecule has 140 valence electrons. The number of hydrogen-bond donors (Lipinski definition) is 1. The summed E-state index contributed by atoms with van der Waals surface area (Å²) in [7, 11) is 2.06. The zero-order chi connectivity index (χ0) is 17.4. The van der Waals surface area contributed by atoms with Gasteiger partial charge in [-0.15, -0.1) is 0 Å². The molecule has 1 aromatic heterocycles. The van der Waals surface area contributed by atoms with E-state index in [0.717, 1.165) is 51.6 Å². The van der Waals surface area contributed by atoms with Crippen LogP contribution in [0.2, 0.25) is 0 Å². The van der Waals surface area contributed by atoms with Gasteiger partial charge in [-0.05, 0) is 33.1 Å². The molecule has 1 N–H and O–H groups in total. The van der Waals surface area contributed by atoms with E-state index in [0.29, 0.717) is 17.6 Å². The summed E-state index contributed by atoms with van der Waals surface area (Å²) in [5.41, 5.74) is 2.89. The Balaban J connectivity index is 1.45. The van der Waals surface area contributed by atoms with Crippen LogP contribution >= 0.6 is 0 Å². The zero-order valence-corrected chi connectivity index (χ0v) is 15.9. The molecule has 2 atom stereocenters. The van der Waals surface area contributed by atoms with Crippen LogP contribution in [0.15, 0.2) is 0 Å². The summed E-state index contributed by atoms with van der Waals surface area (Å²) in [5, 5.41) is 8.55. The maximum absolute atomic E-state index is 5.99. The molecule has 2 heterocycles. The number of aromatic nitrogens is 2. The van der Waals surface area contributed by atoms with Crippen molar-refractivity contribution in [3.63, 3.8) is 0 Å². The van der Waals surface area contributed by atoms with Gasteiger partial charge in [-0.1, -0.05) is 6.42 Å². The van der Waals surface area contributed by atoms with E-state index in [1.54, 1.807) is 0 Å². The van der Waals surface area contributed by atoms with Gasteiger partial charge < -0.3 is 19.7 Å². The van der Waals surface area contributed by atoms with Crippen molar-refractivity contribution in [1.29, 1.82) is 0 Å². The van der Waals surface area contributed by atoms with Crippen LogP contribution in [0.25, 0.3) is 0 Å². The first-order valence-corrected chi connectivity index (χ1v) is 9.86. The first-order valence-electron chi connectivity index (χ1n) is 9.86. The van der Waals surface area contributed by atoms with Gasteiger partial charge in [-0.3, -0.25) is 4.68 Å². The molecular formula is C19H32N4O2. The van der Waals surface area contributed by atoms with Crippen LogP contribution in [0, 0.1) is 12.3 Å². The molecule has 1 spiro atoms. The van der Waals surface area contributed by atoms with Crippen molar-refractivity contribution in [3.8, 4) is 0 Å². The summed E-state index contributed by atoms with van der Waals surface area (Å²) in [4.78, 5) is 2.42. The van der Waals surface area contributed by atoms with E-state index >= 15 is 0 Å². The van der Waals surface area contributed by atoms with Crippen molar-refractivity contribution < 1.29 is 9.47 Å². The number of anilines is 1. The number of nitrogens with one attached hydrogen (secondary N) is 1. The number of rotatable bonds is 6. The fourth-order valence-corrected chi connectivity index (χ4v) is 5.02. The molecule has 4 rings (SSSR count). The van der Waals surface area contributed by atoms with Crippen molar-refractivity contribution in [2.24, 2.45) is 12.5 Å². The van der Waals surface area contributed by atoms with Gasteiger partial charge in [0.2, 0.25) is 0 Å². The minimum absolute atomic E-state index is 0.408. The number of nitrogens with zero attached hydrogens (tertiary/aromatic N) is 3. The van der Waals surface area contributed by atoms with E-state index < -0.39 is 0 Å². The SMILES string of the molecule is CCO[C@@H]1C[C@@H](NCc2c(C)nn(C)c2N2CCOCC2)C12CCC2. The van der Waals surface area contributed by atoms with E-state index in [4.69, 9.17) is 14.6 Å². The molecule has 6 heteroatoms. The minimum atomic E-state index is 0.408. The second-order valence-electron chi connectivity index (χ2n) is 7.81. The smallest absolute Gasteiger partial charge is 0.131 e. The first-order chi connectivity index (χ1) is 12.2.